The van der Waals surface area contributed by atoms with Crippen molar-refractivity contribution in [3.8, 4) is 0 Å². The van der Waals surface area contributed by atoms with Crippen molar-refractivity contribution in [2.75, 3.05) is 6.54 Å². The van der Waals surface area contributed by atoms with Gasteiger partial charge in [0.15, 0.2) is 5.69 Å². The normalized spacial score (nSPS) is 17.0. The van der Waals surface area contributed by atoms with Crippen molar-refractivity contribution in [3.05, 3.63) is 46.8 Å². The van der Waals surface area contributed by atoms with Gasteiger partial charge in [0.25, 0.3) is 11.8 Å². The van der Waals surface area contributed by atoms with Crippen LogP contribution in [0.25, 0.3) is 0 Å². The Morgan fingerprint density at radius 1 is 1.07 bits per heavy atom. The Balaban J connectivity index is 1.47. The van der Waals surface area contributed by atoms with Crippen LogP contribution in [0.4, 0.5) is 0 Å². The van der Waals surface area contributed by atoms with Crippen molar-refractivity contribution in [2.24, 2.45) is 0 Å². The first-order valence-corrected chi connectivity index (χ1v) is 9.20. The van der Waals surface area contributed by atoms with Crippen LogP contribution in [0, 0.1) is 0 Å². The number of aryl methyl sites for hydroxylation is 1. The molecule has 0 spiro atoms. The van der Waals surface area contributed by atoms with Crippen LogP contribution in [0.5, 0.6) is 0 Å². The Hall–Kier alpha value is -3.03. The number of hydrogen-bond acceptors (Lipinski definition) is 5. The predicted molar refractivity (Wildman–Crippen MR) is 94.6 cm³/mol. The molecule has 1 N–H and O–H groups in total. The maximum atomic E-state index is 12.4. The largest absolute Gasteiger partial charge is 0.476 e. The van der Waals surface area contributed by atoms with Crippen molar-refractivity contribution in [3.63, 3.8) is 0 Å². The van der Waals surface area contributed by atoms with E-state index in [2.05, 4.69) is 10.3 Å². The molecular weight excluding hydrogens is 348 g/mol. The van der Waals surface area contributed by atoms with E-state index < -0.39 is 5.97 Å². The van der Waals surface area contributed by atoms with Crippen molar-refractivity contribution >= 4 is 17.8 Å². The van der Waals surface area contributed by atoms with E-state index in [-0.39, 0.29) is 30.0 Å². The van der Waals surface area contributed by atoms with Crippen LogP contribution in [0.3, 0.4) is 0 Å². The number of carbonyl (C=O) groups excluding carboxylic acids is 2. The fourth-order valence-corrected chi connectivity index (χ4v) is 4.06. The fraction of sp³-hybridized carbons (Fsp3) is 0.421. The molecule has 1 fully saturated rings. The summed E-state index contributed by atoms with van der Waals surface area (Å²) in [5, 5.41) is 17.3. The summed E-state index contributed by atoms with van der Waals surface area (Å²) in [6.07, 6.45) is 4.51. The van der Waals surface area contributed by atoms with Crippen molar-refractivity contribution < 1.29 is 19.5 Å². The molecule has 8 heteroatoms. The van der Waals surface area contributed by atoms with Crippen LogP contribution in [0.15, 0.2) is 24.3 Å². The summed E-state index contributed by atoms with van der Waals surface area (Å²) in [7, 11) is 0. The number of fused-ring (bicyclic) bond motifs is 1. The van der Waals surface area contributed by atoms with E-state index in [0.717, 1.165) is 25.7 Å². The van der Waals surface area contributed by atoms with Gasteiger partial charge >= 0.3 is 5.97 Å². The first-order valence-electron chi connectivity index (χ1n) is 9.20. The van der Waals surface area contributed by atoms with Crippen molar-refractivity contribution in [2.45, 2.75) is 44.6 Å². The van der Waals surface area contributed by atoms with Gasteiger partial charge in [0.2, 0.25) is 0 Å². The van der Waals surface area contributed by atoms with Crippen molar-refractivity contribution in [1.29, 1.82) is 0 Å². The monoisotopic (exact) mass is 368 g/mol. The summed E-state index contributed by atoms with van der Waals surface area (Å²) in [4.78, 5) is 37.5. The van der Waals surface area contributed by atoms with Gasteiger partial charge in [0.1, 0.15) is 0 Å². The summed E-state index contributed by atoms with van der Waals surface area (Å²) in [5.74, 6) is -1.47. The zero-order valence-corrected chi connectivity index (χ0v) is 14.8. The number of carbonyl (C=O) groups is 3. The molecule has 2 aliphatic rings. The Kier molecular flexibility index (Phi) is 4.47. The number of amides is 2. The average Bonchev–Trinajstić information content (AvgIpc) is 3.37. The van der Waals surface area contributed by atoms with Gasteiger partial charge in [-0.15, -0.1) is 5.10 Å². The minimum atomic E-state index is -1.07. The number of imide groups is 1. The Morgan fingerprint density at radius 3 is 2.30 bits per heavy atom. The van der Waals surface area contributed by atoms with E-state index in [0.29, 0.717) is 29.8 Å². The Morgan fingerprint density at radius 2 is 1.70 bits per heavy atom. The molecule has 1 aromatic carbocycles. The molecule has 4 rings (SSSR count). The van der Waals surface area contributed by atoms with Gasteiger partial charge in [-0.2, -0.15) is 0 Å². The van der Waals surface area contributed by atoms with Crippen molar-refractivity contribution in [1.82, 2.24) is 19.9 Å². The van der Waals surface area contributed by atoms with Crippen LogP contribution >= 0.6 is 0 Å². The first kappa shape index (κ1) is 17.4. The number of carboxylic acid groups (broad SMARTS) is 1. The maximum Gasteiger partial charge on any atom is 0.358 e. The number of aromatic nitrogens is 3. The molecule has 1 aliphatic heterocycles. The van der Waals surface area contributed by atoms with E-state index in [9.17, 15) is 19.5 Å². The summed E-state index contributed by atoms with van der Waals surface area (Å²) in [5.41, 5.74) is 1.55. The lowest BCUT2D eigenvalue weighted by atomic mass is 10.0. The van der Waals surface area contributed by atoms with Gasteiger partial charge in [-0.1, -0.05) is 30.2 Å². The summed E-state index contributed by atoms with van der Waals surface area (Å²) < 4.78 is 1.64. The number of rotatable bonds is 6. The molecule has 2 amide bonds. The predicted octanol–water partition coefficient (Wildman–Crippen LogP) is 2.32. The number of nitrogens with zero attached hydrogens (tertiary/aromatic N) is 4. The van der Waals surface area contributed by atoms with E-state index in [1.165, 1.54) is 4.90 Å². The SMILES string of the molecule is O=C(O)c1nnn(CCCN2C(=O)c3ccccc3C2=O)c1C1CCCC1. The van der Waals surface area contributed by atoms with Crippen LogP contribution in [-0.4, -0.2) is 49.3 Å². The molecule has 8 nitrogen and oxygen atoms in total. The summed E-state index contributed by atoms with van der Waals surface area (Å²) in [6, 6.07) is 6.79. The van der Waals surface area contributed by atoms with Gasteiger partial charge in [-0.3, -0.25) is 14.5 Å². The molecule has 140 valence electrons. The van der Waals surface area contributed by atoms with Crippen LogP contribution in [0.1, 0.15) is 74.9 Å². The first-order chi connectivity index (χ1) is 13.1. The molecule has 1 saturated carbocycles. The van der Waals surface area contributed by atoms with Crippen LogP contribution in [-0.2, 0) is 6.54 Å². The number of carboxylic acids is 1. The highest BCUT2D eigenvalue weighted by molar-refractivity contribution is 6.21. The van der Waals surface area contributed by atoms with E-state index in [1.807, 2.05) is 0 Å². The summed E-state index contributed by atoms with van der Waals surface area (Å²) in [6.45, 7) is 0.679. The van der Waals surface area contributed by atoms with E-state index in [1.54, 1.807) is 28.9 Å². The Labute approximate surface area is 155 Å². The minimum absolute atomic E-state index is 0.0163. The summed E-state index contributed by atoms with van der Waals surface area (Å²) >= 11 is 0. The quantitative estimate of drug-likeness (QED) is 0.785. The maximum absolute atomic E-state index is 12.4. The van der Waals surface area contributed by atoms with Gasteiger partial charge in [0, 0.05) is 19.0 Å². The molecule has 0 atom stereocenters. The zero-order valence-electron chi connectivity index (χ0n) is 14.8. The molecule has 1 aromatic heterocycles. The molecule has 1 aliphatic carbocycles. The highest BCUT2D eigenvalue weighted by atomic mass is 16.4. The van der Waals surface area contributed by atoms with Gasteiger partial charge in [-0.25, -0.2) is 9.48 Å². The molecular formula is C19H20N4O4. The number of aromatic carboxylic acids is 1. The van der Waals surface area contributed by atoms with Gasteiger partial charge < -0.3 is 5.11 Å². The molecule has 0 unspecified atom stereocenters. The number of hydrogen-bond donors (Lipinski definition) is 1. The standard InChI is InChI=1S/C19H20N4O4/c24-17-13-8-3-4-9-14(13)18(25)22(17)10-5-11-23-16(12-6-1-2-7-12)15(19(26)27)20-21-23/h3-4,8-9,12H,1-2,5-7,10-11H2,(H,26,27). The van der Waals surface area contributed by atoms with E-state index >= 15 is 0 Å². The fourth-order valence-electron chi connectivity index (χ4n) is 4.06. The minimum Gasteiger partial charge on any atom is -0.476 e. The van der Waals surface area contributed by atoms with Gasteiger partial charge in [-0.05, 0) is 31.4 Å². The highest BCUT2D eigenvalue weighted by Gasteiger charge is 2.35. The second kappa shape index (κ2) is 6.94. The second-order valence-corrected chi connectivity index (χ2v) is 6.99. The van der Waals surface area contributed by atoms with E-state index in [4.69, 9.17) is 0 Å². The third-order valence-electron chi connectivity index (χ3n) is 5.35. The second-order valence-electron chi connectivity index (χ2n) is 6.99. The molecule has 2 heterocycles. The molecule has 27 heavy (non-hydrogen) atoms. The lowest BCUT2D eigenvalue weighted by Gasteiger charge is -2.16. The van der Waals surface area contributed by atoms with Gasteiger partial charge in [0.05, 0.1) is 16.8 Å². The lowest BCUT2D eigenvalue weighted by Crippen LogP contribution is -2.31. The molecule has 0 radical (unpaired) electrons. The van der Waals surface area contributed by atoms with Crippen LogP contribution in [0.2, 0.25) is 0 Å². The molecule has 2 aromatic rings. The Bertz CT molecular complexity index is 879. The third-order valence-corrected chi connectivity index (χ3v) is 5.35. The topological polar surface area (TPSA) is 105 Å². The highest BCUT2D eigenvalue weighted by Crippen LogP contribution is 2.35. The van der Waals surface area contributed by atoms with Crippen LogP contribution < -0.4 is 0 Å². The smallest absolute Gasteiger partial charge is 0.358 e. The lowest BCUT2D eigenvalue weighted by molar-refractivity contribution is 0.0647. The molecule has 0 bridgehead atoms. The average molecular weight is 368 g/mol. The third kappa shape index (κ3) is 3.01. The number of benzene rings is 1. The zero-order chi connectivity index (χ0) is 19.0. The molecule has 0 saturated heterocycles.